The zero-order valence-electron chi connectivity index (χ0n) is 22.0. The van der Waals surface area contributed by atoms with E-state index in [1.165, 1.54) is 4.90 Å². The van der Waals surface area contributed by atoms with Crippen LogP contribution in [-0.2, 0) is 14.3 Å². The molecule has 0 radical (unpaired) electrons. The third-order valence-corrected chi connectivity index (χ3v) is 5.43. The lowest BCUT2D eigenvalue weighted by Crippen LogP contribution is -2.53. The van der Waals surface area contributed by atoms with Crippen LogP contribution < -0.4 is 15.4 Å². The number of hydrogen-bond donors (Lipinski definition) is 3. The largest absolute Gasteiger partial charge is 0.497 e. The summed E-state index contributed by atoms with van der Waals surface area (Å²) in [5.41, 5.74) is 2.23. The first kappa shape index (κ1) is 28.6. The van der Waals surface area contributed by atoms with Crippen molar-refractivity contribution in [3.8, 4) is 5.75 Å². The molecule has 0 heterocycles. The van der Waals surface area contributed by atoms with Crippen LogP contribution in [0, 0.1) is 13.8 Å². The van der Waals surface area contributed by atoms with Crippen molar-refractivity contribution in [1.82, 2.24) is 10.2 Å². The molecule has 2 aromatic carbocycles. The molecule has 196 valence electrons. The van der Waals surface area contributed by atoms with Gasteiger partial charge in [-0.2, -0.15) is 0 Å². The van der Waals surface area contributed by atoms with Crippen molar-refractivity contribution >= 4 is 23.6 Å². The van der Waals surface area contributed by atoms with E-state index in [1.807, 2.05) is 32.0 Å². The number of benzene rings is 2. The number of anilines is 1. The summed E-state index contributed by atoms with van der Waals surface area (Å²) in [5, 5.41) is 15.2. The van der Waals surface area contributed by atoms with E-state index >= 15 is 0 Å². The smallest absolute Gasteiger partial charge is 0.408 e. The van der Waals surface area contributed by atoms with Gasteiger partial charge in [-0.15, -0.1) is 0 Å². The Kier molecular flexibility index (Phi) is 9.86. The first-order valence-corrected chi connectivity index (χ1v) is 11.8. The monoisotopic (exact) mass is 499 g/mol. The Morgan fingerprint density at radius 1 is 1.06 bits per heavy atom. The van der Waals surface area contributed by atoms with Crippen LogP contribution in [0.4, 0.5) is 10.5 Å². The molecule has 2 aromatic rings. The zero-order valence-corrected chi connectivity index (χ0v) is 22.0. The summed E-state index contributed by atoms with van der Waals surface area (Å²) < 4.78 is 10.4. The summed E-state index contributed by atoms with van der Waals surface area (Å²) in [5.74, 6) is -0.403. The van der Waals surface area contributed by atoms with E-state index in [9.17, 15) is 19.5 Å². The minimum absolute atomic E-state index is 0.152. The van der Waals surface area contributed by atoms with Crippen LogP contribution in [0.15, 0.2) is 42.5 Å². The molecule has 2 atom stereocenters. The molecule has 9 nitrogen and oxygen atoms in total. The zero-order chi connectivity index (χ0) is 27.0. The third kappa shape index (κ3) is 7.71. The normalized spacial score (nSPS) is 12.8. The van der Waals surface area contributed by atoms with E-state index in [1.54, 1.807) is 59.1 Å². The number of carbonyl (C=O) groups is 3. The summed E-state index contributed by atoms with van der Waals surface area (Å²) in [6.07, 6.45) is -0.836. The highest BCUT2D eigenvalue weighted by molar-refractivity contribution is 5.99. The first-order chi connectivity index (χ1) is 16.9. The minimum atomic E-state index is -1.29. The predicted octanol–water partition coefficient (Wildman–Crippen LogP) is 3.73. The number of likely N-dealkylation sites (N-methyl/N-ethyl adjacent to an activating group) is 1. The molecule has 0 bridgehead atoms. The van der Waals surface area contributed by atoms with Crippen molar-refractivity contribution in [3.63, 3.8) is 0 Å². The molecule has 3 N–H and O–H groups in total. The highest BCUT2D eigenvalue weighted by Crippen LogP contribution is 2.28. The van der Waals surface area contributed by atoms with E-state index < -0.39 is 42.2 Å². The number of ether oxygens (including phenoxy) is 2. The maximum Gasteiger partial charge on any atom is 0.408 e. The molecule has 0 aliphatic heterocycles. The minimum Gasteiger partial charge on any atom is -0.497 e. The van der Waals surface area contributed by atoms with Gasteiger partial charge in [-0.25, -0.2) is 4.79 Å². The van der Waals surface area contributed by atoms with Crippen LogP contribution >= 0.6 is 0 Å². The lowest BCUT2D eigenvalue weighted by Gasteiger charge is -2.34. The molecule has 3 amide bonds. The average Bonchev–Trinajstić information content (AvgIpc) is 2.80. The van der Waals surface area contributed by atoms with Crippen LogP contribution in [0.2, 0.25) is 0 Å². The lowest BCUT2D eigenvalue weighted by molar-refractivity contribution is -0.141. The van der Waals surface area contributed by atoms with Gasteiger partial charge in [-0.05, 0) is 76.9 Å². The van der Waals surface area contributed by atoms with E-state index in [2.05, 4.69) is 10.6 Å². The van der Waals surface area contributed by atoms with Crippen LogP contribution in [0.1, 0.15) is 50.4 Å². The number of aliphatic hydroxyl groups is 1. The predicted molar refractivity (Wildman–Crippen MR) is 138 cm³/mol. The van der Waals surface area contributed by atoms with Crippen molar-refractivity contribution in [2.24, 2.45) is 0 Å². The van der Waals surface area contributed by atoms with Crippen molar-refractivity contribution in [2.75, 3.05) is 25.6 Å². The summed E-state index contributed by atoms with van der Waals surface area (Å²) in [6, 6.07) is 10.2. The van der Waals surface area contributed by atoms with E-state index in [0.717, 1.165) is 11.1 Å². The number of alkyl carbamates (subject to hydrolysis) is 1. The summed E-state index contributed by atoms with van der Waals surface area (Å²) in [4.78, 5) is 40.8. The number of carbonyl (C=O) groups excluding carboxylic acids is 3. The van der Waals surface area contributed by atoms with Crippen molar-refractivity contribution in [3.05, 3.63) is 59.2 Å². The maximum absolute atomic E-state index is 13.6. The number of amides is 3. The fourth-order valence-electron chi connectivity index (χ4n) is 3.77. The van der Waals surface area contributed by atoms with Gasteiger partial charge in [-0.1, -0.05) is 23.8 Å². The molecule has 0 aliphatic carbocycles. The molecule has 0 aliphatic rings. The van der Waals surface area contributed by atoms with Gasteiger partial charge in [0.15, 0.2) is 0 Å². The third-order valence-electron chi connectivity index (χ3n) is 5.43. The number of hydrogen-bond acceptors (Lipinski definition) is 6. The molecule has 2 rings (SSSR count). The lowest BCUT2D eigenvalue weighted by atomic mass is 9.96. The number of nitrogens with zero attached hydrogens (tertiary/aromatic N) is 1. The second kappa shape index (κ2) is 12.4. The molecule has 0 fully saturated rings. The van der Waals surface area contributed by atoms with Gasteiger partial charge in [0.05, 0.1) is 13.7 Å². The van der Waals surface area contributed by atoms with Gasteiger partial charge in [0.25, 0.3) is 5.91 Å². The molecule has 36 heavy (non-hydrogen) atoms. The van der Waals surface area contributed by atoms with Crippen LogP contribution in [0.3, 0.4) is 0 Å². The maximum atomic E-state index is 13.6. The SMILES string of the molecule is CCN(C(=O)C(CO)NC(=O)OC(C)(C)C)C(C(=O)Nc1ccc(OC)cc1)c1ccc(C)cc1C. The Hall–Kier alpha value is -3.59. The molecule has 0 saturated carbocycles. The van der Waals surface area contributed by atoms with Gasteiger partial charge in [-0.3, -0.25) is 9.59 Å². The summed E-state index contributed by atoms with van der Waals surface area (Å²) in [6.45, 7) is 10.1. The quantitative estimate of drug-likeness (QED) is 0.484. The second-order valence-electron chi connectivity index (χ2n) is 9.49. The van der Waals surface area contributed by atoms with Gasteiger partial charge < -0.3 is 30.1 Å². The van der Waals surface area contributed by atoms with Crippen LogP contribution in [0.5, 0.6) is 5.75 Å². The summed E-state index contributed by atoms with van der Waals surface area (Å²) >= 11 is 0. The highest BCUT2D eigenvalue weighted by Gasteiger charge is 2.36. The molecular weight excluding hydrogens is 462 g/mol. The topological polar surface area (TPSA) is 117 Å². The molecular formula is C27H37N3O6. The number of nitrogens with one attached hydrogen (secondary N) is 2. The number of rotatable bonds is 9. The van der Waals surface area contributed by atoms with Crippen molar-refractivity contribution < 1.29 is 29.0 Å². The molecule has 0 spiro atoms. The Bertz CT molecular complexity index is 1060. The molecule has 2 unspecified atom stereocenters. The fourth-order valence-corrected chi connectivity index (χ4v) is 3.77. The van der Waals surface area contributed by atoms with E-state index in [0.29, 0.717) is 17.0 Å². The number of methoxy groups -OCH3 is 1. The van der Waals surface area contributed by atoms with E-state index in [-0.39, 0.29) is 6.54 Å². The van der Waals surface area contributed by atoms with Gasteiger partial charge in [0.1, 0.15) is 23.4 Å². The Balaban J connectivity index is 2.42. The first-order valence-electron chi connectivity index (χ1n) is 11.8. The van der Waals surface area contributed by atoms with E-state index in [4.69, 9.17) is 9.47 Å². The number of aryl methyl sites for hydroxylation is 2. The summed E-state index contributed by atoms with van der Waals surface area (Å²) in [7, 11) is 1.55. The van der Waals surface area contributed by atoms with Crippen molar-refractivity contribution in [1.29, 1.82) is 0 Å². The van der Waals surface area contributed by atoms with Crippen LogP contribution in [-0.4, -0.2) is 59.8 Å². The van der Waals surface area contributed by atoms with Crippen LogP contribution in [0.25, 0.3) is 0 Å². The average molecular weight is 500 g/mol. The molecule has 0 saturated heterocycles. The Labute approximate surface area is 212 Å². The Morgan fingerprint density at radius 2 is 1.69 bits per heavy atom. The van der Waals surface area contributed by atoms with Gasteiger partial charge in [0.2, 0.25) is 5.91 Å². The van der Waals surface area contributed by atoms with Gasteiger partial charge >= 0.3 is 6.09 Å². The van der Waals surface area contributed by atoms with Crippen molar-refractivity contribution in [2.45, 2.75) is 59.2 Å². The molecule has 9 heteroatoms. The fraction of sp³-hybridized carbons (Fsp3) is 0.444. The highest BCUT2D eigenvalue weighted by atomic mass is 16.6. The number of aliphatic hydroxyl groups excluding tert-OH is 1. The Morgan fingerprint density at radius 3 is 2.19 bits per heavy atom. The molecule has 0 aromatic heterocycles. The standard InChI is InChI=1S/C27H37N3O6/c1-8-30(25(33)22(16-31)29-26(34)36-27(4,5)6)23(21-14-9-17(2)15-18(21)3)24(32)28-19-10-12-20(35-7)13-11-19/h9-15,22-23,31H,8,16H2,1-7H3,(H,28,32)(H,29,34). The second-order valence-corrected chi connectivity index (χ2v) is 9.49. The van der Waals surface area contributed by atoms with Gasteiger partial charge in [0, 0.05) is 12.2 Å².